The molecule has 1 aromatic carbocycles. The molecule has 1 heterocycles. The highest BCUT2D eigenvalue weighted by atomic mass is 16.5. The number of carboxylic acids is 1. The summed E-state index contributed by atoms with van der Waals surface area (Å²) in [7, 11) is 1.82. The summed E-state index contributed by atoms with van der Waals surface area (Å²) in [5.74, 6) is 0.00245. The Morgan fingerprint density at radius 2 is 2.00 bits per heavy atom. The molecule has 122 valence electrons. The zero-order valence-corrected chi connectivity index (χ0v) is 13.5. The molecule has 0 unspecified atom stereocenters. The first-order valence-electron chi connectivity index (χ1n) is 7.57. The van der Waals surface area contributed by atoms with Crippen LogP contribution in [0.4, 0.5) is 0 Å². The molecular formula is C18H22N2O3. The number of carboxylic acid groups (broad SMARTS) is 1. The van der Waals surface area contributed by atoms with E-state index in [2.05, 4.69) is 4.98 Å². The standard InChI is InChI=1S/C18H22N2O3/c1-14(20(2)12-18(21)22)10-15-5-7-17(8-6-15)23-13-16-4-3-9-19-11-16/h3-9,11,14H,10,12-13H2,1-2H3,(H,21,22)/t14-/m1/s1. The molecule has 1 atom stereocenters. The monoisotopic (exact) mass is 314 g/mol. The van der Waals surface area contributed by atoms with Crippen molar-refractivity contribution in [3.8, 4) is 5.75 Å². The number of aromatic nitrogens is 1. The number of benzene rings is 1. The number of pyridine rings is 1. The first-order chi connectivity index (χ1) is 11.0. The number of likely N-dealkylation sites (N-methyl/N-ethyl adjacent to an activating group) is 1. The Morgan fingerprint density at radius 1 is 1.26 bits per heavy atom. The summed E-state index contributed by atoms with van der Waals surface area (Å²) >= 11 is 0. The Morgan fingerprint density at radius 3 is 2.61 bits per heavy atom. The molecule has 2 rings (SSSR count). The predicted molar refractivity (Wildman–Crippen MR) is 88.4 cm³/mol. The highest BCUT2D eigenvalue weighted by Gasteiger charge is 2.12. The normalized spacial score (nSPS) is 12.1. The van der Waals surface area contributed by atoms with E-state index in [-0.39, 0.29) is 12.6 Å². The van der Waals surface area contributed by atoms with Crippen molar-refractivity contribution in [3.05, 3.63) is 59.9 Å². The number of carbonyl (C=O) groups is 1. The van der Waals surface area contributed by atoms with E-state index in [4.69, 9.17) is 9.84 Å². The topological polar surface area (TPSA) is 62.7 Å². The van der Waals surface area contributed by atoms with Crippen molar-refractivity contribution in [2.45, 2.75) is 26.0 Å². The summed E-state index contributed by atoms with van der Waals surface area (Å²) < 4.78 is 5.72. The fraction of sp³-hybridized carbons (Fsp3) is 0.333. The van der Waals surface area contributed by atoms with Gasteiger partial charge in [-0.2, -0.15) is 0 Å². The number of rotatable bonds is 8. The van der Waals surface area contributed by atoms with Gasteiger partial charge >= 0.3 is 5.97 Å². The third-order valence-corrected chi connectivity index (χ3v) is 3.72. The first kappa shape index (κ1) is 17.0. The molecule has 0 fully saturated rings. The molecule has 0 bridgehead atoms. The molecule has 0 radical (unpaired) electrons. The van der Waals surface area contributed by atoms with Gasteiger partial charge in [0, 0.05) is 24.0 Å². The molecule has 23 heavy (non-hydrogen) atoms. The second-order valence-electron chi connectivity index (χ2n) is 5.66. The van der Waals surface area contributed by atoms with E-state index < -0.39 is 5.97 Å². The minimum Gasteiger partial charge on any atom is -0.489 e. The van der Waals surface area contributed by atoms with E-state index in [0.717, 1.165) is 23.3 Å². The van der Waals surface area contributed by atoms with Crippen LogP contribution in [0, 0.1) is 0 Å². The molecule has 1 N–H and O–H groups in total. The van der Waals surface area contributed by atoms with Crippen LogP contribution in [-0.2, 0) is 17.8 Å². The maximum Gasteiger partial charge on any atom is 0.317 e. The van der Waals surface area contributed by atoms with Gasteiger partial charge in [0.05, 0.1) is 6.54 Å². The average molecular weight is 314 g/mol. The van der Waals surface area contributed by atoms with Crippen molar-refractivity contribution in [1.82, 2.24) is 9.88 Å². The van der Waals surface area contributed by atoms with Gasteiger partial charge in [0.1, 0.15) is 12.4 Å². The largest absolute Gasteiger partial charge is 0.489 e. The molecular weight excluding hydrogens is 292 g/mol. The van der Waals surface area contributed by atoms with Crippen LogP contribution in [0.1, 0.15) is 18.1 Å². The van der Waals surface area contributed by atoms with Crippen molar-refractivity contribution < 1.29 is 14.6 Å². The minimum atomic E-state index is -0.807. The van der Waals surface area contributed by atoms with Crippen LogP contribution in [-0.4, -0.2) is 40.6 Å². The lowest BCUT2D eigenvalue weighted by Crippen LogP contribution is -2.35. The van der Waals surface area contributed by atoms with Crippen molar-refractivity contribution in [2.24, 2.45) is 0 Å². The van der Waals surface area contributed by atoms with Crippen LogP contribution in [0.15, 0.2) is 48.8 Å². The fourth-order valence-corrected chi connectivity index (χ4v) is 2.24. The zero-order valence-electron chi connectivity index (χ0n) is 13.5. The quantitative estimate of drug-likeness (QED) is 0.811. The molecule has 0 spiro atoms. The van der Waals surface area contributed by atoms with Gasteiger partial charge in [0.15, 0.2) is 0 Å². The Balaban J connectivity index is 1.85. The van der Waals surface area contributed by atoms with E-state index in [0.29, 0.717) is 6.61 Å². The molecule has 0 aliphatic carbocycles. The summed E-state index contributed by atoms with van der Waals surface area (Å²) in [6, 6.07) is 11.9. The third kappa shape index (κ3) is 5.71. The zero-order chi connectivity index (χ0) is 16.7. The molecule has 0 saturated heterocycles. The summed E-state index contributed by atoms with van der Waals surface area (Å²) in [6.45, 7) is 2.56. The summed E-state index contributed by atoms with van der Waals surface area (Å²) in [5, 5.41) is 8.83. The van der Waals surface area contributed by atoms with E-state index in [1.165, 1.54) is 0 Å². The third-order valence-electron chi connectivity index (χ3n) is 3.72. The van der Waals surface area contributed by atoms with Gasteiger partial charge in [-0.1, -0.05) is 18.2 Å². The van der Waals surface area contributed by atoms with Crippen LogP contribution in [0.2, 0.25) is 0 Å². The smallest absolute Gasteiger partial charge is 0.317 e. The van der Waals surface area contributed by atoms with Crippen molar-refractivity contribution in [3.63, 3.8) is 0 Å². The molecule has 0 aliphatic heterocycles. The Kier molecular flexibility index (Phi) is 6.11. The molecule has 5 heteroatoms. The van der Waals surface area contributed by atoms with Gasteiger partial charge in [-0.3, -0.25) is 14.7 Å². The van der Waals surface area contributed by atoms with Gasteiger partial charge < -0.3 is 9.84 Å². The number of hydrogen-bond donors (Lipinski definition) is 1. The molecule has 0 amide bonds. The Hall–Kier alpha value is -2.40. The van der Waals surface area contributed by atoms with Crippen LogP contribution < -0.4 is 4.74 Å². The van der Waals surface area contributed by atoms with E-state index in [1.54, 1.807) is 12.4 Å². The average Bonchev–Trinajstić information content (AvgIpc) is 2.54. The summed E-state index contributed by atoms with van der Waals surface area (Å²) in [5.41, 5.74) is 2.18. The molecule has 2 aromatic rings. The Bertz CT molecular complexity index is 614. The fourth-order valence-electron chi connectivity index (χ4n) is 2.24. The van der Waals surface area contributed by atoms with Gasteiger partial charge in [0.25, 0.3) is 0 Å². The molecule has 1 aromatic heterocycles. The lowest BCUT2D eigenvalue weighted by Gasteiger charge is -2.22. The molecule has 5 nitrogen and oxygen atoms in total. The van der Waals surface area contributed by atoms with E-state index >= 15 is 0 Å². The Labute approximate surface area is 136 Å². The molecule has 0 saturated carbocycles. The SMILES string of the molecule is C[C@H](Cc1ccc(OCc2cccnc2)cc1)N(C)CC(=O)O. The first-order valence-corrected chi connectivity index (χ1v) is 7.57. The van der Waals surface area contributed by atoms with E-state index in [1.807, 2.05) is 55.3 Å². The molecule has 0 aliphatic rings. The van der Waals surface area contributed by atoms with E-state index in [9.17, 15) is 4.79 Å². The number of nitrogens with zero attached hydrogens (tertiary/aromatic N) is 2. The van der Waals surface area contributed by atoms with Gasteiger partial charge in [0.2, 0.25) is 0 Å². The van der Waals surface area contributed by atoms with Crippen LogP contribution in [0.3, 0.4) is 0 Å². The number of hydrogen-bond acceptors (Lipinski definition) is 4. The summed E-state index contributed by atoms with van der Waals surface area (Å²) in [6.07, 6.45) is 4.32. The lowest BCUT2D eigenvalue weighted by molar-refractivity contribution is -0.138. The van der Waals surface area contributed by atoms with Crippen molar-refractivity contribution in [2.75, 3.05) is 13.6 Å². The second kappa shape index (κ2) is 8.29. The maximum atomic E-state index is 10.7. The van der Waals surface area contributed by atoms with Crippen molar-refractivity contribution in [1.29, 1.82) is 0 Å². The number of aliphatic carboxylic acids is 1. The van der Waals surface area contributed by atoms with Crippen LogP contribution in [0.5, 0.6) is 5.75 Å². The van der Waals surface area contributed by atoms with Crippen molar-refractivity contribution >= 4 is 5.97 Å². The van der Waals surface area contributed by atoms with Crippen LogP contribution in [0.25, 0.3) is 0 Å². The van der Waals surface area contributed by atoms with Crippen LogP contribution >= 0.6 is 0 Å². The highest BCUT2D eigenvalue weighted by Crippen LogP contribution is 2.16. The second-order valence-corrected chi connectivity index (χ2v) is 5.66. The predicted octanol–water partition coefficient (Wildman–Crippen LogP) is 2.61. The summed E-state index contributed by atoms with van der Waals surface area (Å²) in [4.78, 5) is 16.6. The minimum absolute atomic E-state index is 0.0491. The van der Waals surface area contributed by atoms with Gasteiger partial charge in [-0.05, 0) is 44.2 Å². The van der Waals surface area contributed by atoms with Gasteiger partial charge in [-0.25, -0.2) is 0 Å². The van der Waals surface area contributed by atoms with Gasteiger partial charge in [-0.15, -0.1) is 0 Å². The maximum absolute atomic E-state index is 10.7. The number of ether oxygens (including phenoxy) is 1. The lowest BCUT2D eigenvalue weighted by atomic mass is 10.1. The highest BCUT2D eigenvalue weighted by molar-refractivity contribution is 5.69.